The van der Waals surface area contributed by atoms with Crippen LogP contribution in [0.4, 0.5) is 10.7 Å². The Morgan fingerprint density at radius 1 is 1.36 bits per heavy atom. The number of imide groups is 1. The van der Waals surface area contributed by atoms with E-state index in [1.54, 1.807) is 6.07 Å². The van der Waals surface area contributed by atoms with Gasteiger partial charge in [0.15, 0.2) is 0 Å². The molecular formula is C15H20N5O6PS. The van der Waals surface area contributed by atoms with Crippen LogP contribution in [-0.4, -0.2) is 54.6 Å². The number of carbonyl (C=O) groups excluding carboxylic acids is 2. The Morgan fingerprint density at radius 3 is 2.75 bits per heavy atom. The Hall–Kier alpha value is -1.82. The van der Waals surface area contributed by atoms with Crippen molar-refractivity contribution in [1.29, 1.82) is 0 Å². The number of nitrogens with one attached hydrogen (secondary N) is 1. The highest BCUT2D eigenvalue weighted by Gasteiger charge is 2.36. The van der Waals surface area contributed by atoms with Gasteiger partial charge in [-0.15, -0.1) is 0 Å². The molecule has 0 bridgehead atoms. The van der Waals surface area contributed by atoms with Crippen molar-refractivity contribution in [3.63, 3.8) is 0 Å². The molecular weight excluding hydrogens is 409 g/mol. The molecule has 0 unspecified atom stereocenters. The largest absolute Gasteiger partial charge is 0.471 e. The van der Waals surface area contributed by atoms with Crippen molar-refractivity contribution in [2.24, 2.45) is 5.73 Å². The summed E-state index contributed by atoms with van der Waals surface area (Å²) in [5.74, 6) is -0.295. The molecule has 13 heteroatoms. The van der Waals surface area contributed by atoms with Crippen LogP contribution in [0.25, 0.3) is 6.08 Å². The van der Waals surface area contributed by atoms with Crippen molar-refractivity contribution in [2.45, 2.75) is 37.8 Å². The van der Waals surface area contributed by atoms with E-state index in [-0.39, 0.29) is 17.0 Å². The van der Waals surface area contributed by atoms with E-state index in [0.29, 0.717) is 28.3 Å². The summed E-state index contributed by atoms with van der Waals surface area (Å²) >= 11 is 0.640. The predicted molar refractivity (Wildman–Crippen MR) is 102 cm³/mol. The monoisotopic (exact) mass is 429 g/mol. The molecule has 2 heterocycles. The molecule has 1 aliphatic heterocycles. The van der Waals surface area contributed by atoms with Gasteiger partial charge >= 0.3 is 7.82 Å². The summed E-state index contributed by atoms with van der Waals surface area (Å²) in [6.45, 7) is -0.827. The minimum Gasteiger partial charge on any atom is -0.351 e. The molecule has 1 aliphatic carbocycles. The van der Waals surface area contributed by atoms with Crippen molar-refractivity contribution in [1.82, 2.24) is 14.9 Å². The average molecular weight is 429 g/mol. The number of hydrogen-bond donors (Lipinski definition) is 4. The highest BCUT2D eigenvalue weighted by atomic mass is 32.2. The molecule has 2 fully saturated rings. The zero-order chi connectivity index (χ0) is 20.3. The molecule has 152 valence electrons. The number of amides is 2. The van der Waals surface area contributed by atoms with Gasteiger partial charge in [0.1, 0.15) is 6.73 Å². The summed E-state index contributed by atoms with van der Waals surface area (Å²) < 4.78 is 15.0. The molecule has 11 nitrogen and oxygen atoms in total. The van der Waals surface area contributed by atoms with E-state index in [9.17, 15) is 14.2 Å². The van der Waals surface area contributed by atoms with Crippen molar-refractivity contribution in [2.75, 3.05) is 12.0 Å². The summed E-state index contributed by atoms with van der Waals surface area (Å²) in [6.07, 6.45) is 6.67. The Morgan fingerprint density at radius 2 is 2.07 bits per heavy atom. The number of nitrogens with two attached hydrogens (primary N) is 1. The molecule has 0 radical (unpaired) electrons. The maximum Gasteiger partial charge on any atom is 0.471 e. The summed E-state index contributed by atoms with van der Waals surface area (Å²) in [7, 11) is -4.80. The number of anilines is 1. The fourth-order valence-electron chi connectivity index (χ4n) is 2.85. The Balaban J connectivity index is 1.67. The molecule has 1 saturated carbocycles. The van der Waals surface area contributed by atoms with Gasteiger partial charge in [-0.25, -0.2) is 19.4 Å². The summed E-state index contributed by atoms with van der Waals surface area (Å²) in [4.78, 5) is 50.8. The van der Waals surface area contributed by atoms with Gasteiger partial charge in [0, 0.05) is 18.3 Å². The standard InChI is InChI=1S/C15H20N5O6PS/c16-9-1-3-10(4-2-9)18-14-17-6-5-11(19-14)7-12-13(21)20(15(22)28-12)8-26-27(23,24)25/h5-7,9-10H,1-4,8,16H2,(H,17,18,19)(H2,23,24,25). The van der Waals surface area contributed by atoms with E-state index in [1.165, 1.54) is 12.3 Å². The lowest BCUT2D eigenvalue weighted by molar-refractivity contribution is -0.124. The molecule has 0 aromatic carbocycles. The van der Waals surface area contributed by atoms with E-state index in [0.717, 1.165) is 25.7 Å². The van der Waals surface area contributed by atoms with E-state index < -0.39 is 25.7 Å². The van der Waals surface area contributed by atoms with Crippen LogP contribution in [-0.2, 0) is 13.9 Å². The summed E-state index contributed by atoms with van der Waals surface area (Å²) in [6, 6.07) is 2.05. The Kier molecular flexibility index (Phi) is 6.48. The van der Waals surface area contributed by atoms with E-state index in [2.05, 4.69) is 19.8 Å². The predicted octanol–water partition coefficient (Wildman–Crippen LogP) is 1.26. The van der Waals surface area contributed by atoms with Crippen LogP contribution < -0.4 is 11.1 Å². The third-order valence-electron chi connectivity index (χ3n) is 4.29. The van der Waals surface area contributed by atoms with Gasteiger partial charge in [0.25, 0.3) is 11.1 Å². The topological polar surface area (TPSA) is 168 Å². The van der Waals surface area contributed by atoms with Crippen LogP contribution in [0, 0.1) is 0 Å². The average Bonchev–Trinajstić information content (AvgIpc) is 2.88. The minimum absolute atomic E-state index is 0.0765. The number of rotatable bonds is 6. The molecule has 0 atom stereocenters. The second kappa shape index (κ2) is 8.68. The van der Waals surface area contributed by atoms with Gasteiger partial charge in [-0.2, -0.15) is 0 Å². The van der Waals surface area contributed by atoms with Crippen LogP contribution in [0.1, 0.15) is 31.4 Å². The zero-order valence-electron chi connectivity index (χ0n) is 14.7. The number of phosphoric ester groups is 1. The van der Waals surface area contributed by atoms with E-state index in [1.807, 2.05) is 0 Å². The molecule has 3 rings (SSSR count). The van der Waals surface area contributed by atoms with E-state index in [4.69, 9.17) is 15.5 Å². The number of nitrogens with zero attached hydrogens (tertiary/aromatic N) is 3. The SMILES string of the molecule is NC1CCC(Nc2nccc(C=C3SC(=O)N(COP(=O)(O)O)C3=O)n2)CC1. The first kappa shape index (κ1) is 20.9. The third kappa shape index (κ3) is 5.60. The number of phosphoric acid groups is 1. The molecule has 5 N–H and O–H groups in total. The van der Waals surface area contributed by atoms with Gasteiger partial charge in [0.2, 0.25) is 5.95 Å². The first-order chi connectivity index (χ1) is 13.2. The third-order valence-corrected chi connectivity index (χ3v) is 5.65. The van der Waals surface area contributed by atoms with Crippen molar-refractivity contribution >= 4 is 42.8 Å². The van der Waals surface area contributed by atoms with Gasteiger partial charge < -0.3 is 20.8 Å². The molecule has 2 aliphatic rings. The maximum absolute atomic E-state index is 12.3. The molecule has 1 aromatic rings. The summed E-state index contributed by atoms with van der Waals surface area (Å²) in [5, 5.41) is 2.57. The van der Waals surface area contributed by atoms with Crippen molar-refractivity contribution in [3.8, 4) is 0 Å². The fraction of sp³-hybridized carbons (Fsp3) is 0.467. The van der Waals surface area contributed by atoms with Crippen LogP contribution in [0.15, 0.2) is 17.2 Å². The van der Waals surface area contributed by atoms with Crippen molar-refractivity contribution < 1.29 is 28.5 Å². The minimum atomic E-state index is -4.80. The quantitative estimate of drug-likeness (QED) is 0.379. The first-order valence-corrected chi connectivity index (χ1v) is 10.9. The highest BCUT2D eigenvalue weighted by molar-refractivity contribution is 8.18. The van der Waals surface area contributed by atoms with Crippen LogP contribution >= 0.6 is 19.6 Å². The first-order valence-electron chi connectivity index (χ1n) is 8.52. The van der Waals surface area contributed by atoms with Gasteiger partial charge in [-0.05, 0) is 49.6 Å². The van der Waals surface area contributed by atoms with Gasteiger partial charge in [-0.1, -0.05) is 0 Å². The molecule has 1 aromatic heterocycles. The smallest absolute Gasteiger partial charge is 0.351 e. The van der Waals surface area contributed by atoms with Crippen LogP contribution in [0.3, 0.4) is 0 Å². The lowest BCUT2D eigenvalue weighted by atomic mass is 9.92. The highest BCUT2D eigenvalue weighted by Crippen LogP contribution is 2.38. The Labute approximate surface area is 165 Å². The lowest BCUT2D eigenvalue weighted by Crippen LogP contribution is -2.33. The molecule has 1 saturated heterocycles. The van der Waals surface area contributed by atoms with Gasteiger partial charge in [-0.3, -0.25) is 14.1 Å². The van der Waals surface area contributed by atoms with Crippen LogP contribution in [0.5, 0.6) is 0 Å². The lowest BCUT2D eigenvalue weighted by Gasteiger charge is -2.26. The zero-order valence-corrected chi connectivity index (χ0v) is 16.4. The fourth-order valence-corrected chi connectivity index (χ4v) is 3.92. The number of aromatic nitrogens is 2. The van der Waals surface area contributed by atoms with Crippen LogP contribution in [0.2, 0.25) is 0 Å². The second-order valence-electron chi connectivity index (χ2n) is 6.42. The van der Waals surface area contributed by atoms with Gasteiger partial charge in [0.05, 0.1) is 10.6 Å². The number of carbonyl (C=O) groups is 2. The molecule has 2 amide bonds. The van der Waals surface area contributed by atoms with Crippen molar-refractivity contribution in [3.05, 3.63) is 22.9 Å². The number of hydrogen-bond acceptors (Lipinski definition) is 9. The second-order valence-corrected chi connectivity index (χ2v) is 8.65. The molecule has 28 heavy (non-hydrogen) atoms. The number of thioether (sulfide) groups is 1. The normalized spacial score (nSPS) is 24.8. The maximum atomic E-state index is 12.3. The Bertz CT molecular complexity index is 838. The summed E-state index contributed by atoms with van der Waals surface area (Å²) in [5.41, 5.74) is 6.32. The van der Waals surface area contributed by atoms with E-state index >= 15 is 0 Å². The molecule has 0 spiro atoms.